The average molecular weight is 174 g/mol. The Morgan fingerprint density at radius 2 is 1.08 bits per heavy atom. The van der Waals surface area contributed by atoms with Crippen LogP contribution in [0.3, 0.4) is 0 Å². The molecule has 0 N–H and O–H groups in total. The molecular formula is C11H26O. The van der Waals surface area contributed by atoms with Gasteiger partial charge in [0.05, 0.1) is 0 Å². The van der Waals surface area contributed by atoms with E-state index in [2.05, 4.69) is 18.6 Å². The molecule has 0 aromatic heterocycles. The first-order chi connectivity index (χ1) is 5.83. The Morgan fingerprint density at radius 1 is 0.750 bits per heavy atom. The summed E-state index contributed by atoms with van der Waals surface area (Å²) in [7, 11) is 1.68. The molecule has 0 spiro atoms. The summed E-state index contributed by atoms with van der Waals surface area (Å²) >= 11 is 0. The lowest BCUT2D eigenvalue weighted by Gasteiger charge is -1.93. The van der Waals surface area contributed by atoms with Crippen LogP contribution in [0.1, 0.15) is 59.3 Å². The van der Waals surface area contributed by atoms with E-state index in [4.69, 9.17) is 0 Å². The van der Waals surface area contributed by atoms with Gasteiger partial charge in [0, 0.05) is 13.7 Å². The second-order valence-corrected chi connectivity index (χ2v) is 2.99. The molecule has 0 aromatic carbocycles. The van der Waals surface area contributed by atoms with Gasteiger partial charge in [0.25, 0.3) is 0 Å². The van der Waals surface area contributed by atoms with Crippen molar-refractivity contribution in [2.24, 2.45) is 0 Å². The van der Waals surface area contributed by atoms with E-state index in [-0.39, 0.29) is 0 Å². The van der Waals surface area contributed by atoms with Crippen molar-refractivity contribution in [3.8, 4) is 0 Å². The van der Waals surface area contributed by atoms with Crippen LogP contribution in [-0.4, -0.2) is 13.7 Å². The first kappa shape index (κ1) is 14.5. The summed E-state index contributed by atoms with van der Waals surface area (Å²) in [5.74, 6) is 0. The Balaban J connectivity index is 0. The van der Waals surface area contributed by atoms with E-state index in [1.165, 1.54) is 38.5 Å². The molecule has 0 fully saturated rings. The summed E-state index contributed by atoms with van der Waals surface area (Å²) < 4.78 is 4.54. The average Bonchev–Trinajstić information content (AvgIpc) is 2.13. The predicted octanol–water partition coefficient (Wildman–Crippen LogP) is 4.02. The molecule has 0 saturated heterocycles. The minimum Gasteiger partial charge on any atom is -0.385 e. The van der Waals surface area contributed by atoms with Crippen LogP contribution in [0.25, 0.3) is 0 Å². The number of hydrogen-bond acceptors (Lipinski definition) is 1. The zero-order valence-corrected chi connectivity index (χ0v) is 9.36. The molecule has 0 amide bonds. The molecule has 0 heterocycles. The lowest BCUT2D eigenvalue weighted by Crippen LogP contribution is -1.73. The van der Waals surface area contributed by atoms with Crippen molar-refractivity contribution in [1.82, 2.24) is 0 Å². The maximum absolute atomic E-state index is 4.54. The molecule has 1 heteroatoms. The fraction of sp³-hybridized carbons (Fsp3) is 1.00. The van der Waals surface area contributed by atoms with Crippen molar-refractivity contribution in [2.45, 2.75) is 59.3 Å². The van der Waals surface area contributed by atoms with E-state index in [0.717, 1.165) is 6.61 Å². The summed E-state index contributed by atoms with van der Waals surface area (Å²) in [6.45, 7) is 7.29. The van der Waals surface area contributed by atoms with E-state index in [1.807, 2.05) is 6.92 Å². The molecule has 0 bridgehead atoms. The minimum absolute atomic E-state index is 0.819. The molecule has 0 atom stereocenters. The lowest BCUT2D eigenvalue weighted by molar-refractivity contribution is 0.215. The normalized spacial score (nSPS) is 9.00. The summed E-state index contributed by atoms with van der Waals surface area (Å²) in [6, 6.07) is 0. The van der Waals surface area contributed by atoms with Gasteiger partial charge >= 0.3 is 0 Å². The standard InChI is InChI=1S/C8H18.C3H8O/c1-3-5-7-8-6-4-2;1-3-4-2/h3-8H2,1-2H3;3H2,1-2H3. The van der Waals surface area contributed by atoms with Crippen molar-refractivity contribution in [3.05, 3.63) is 0 Å². The van der Waals surface area contributed by atoms with Gasteiger partial charge in [0.2, 0.25) is 0 Å². The van der Waals surface area contributed by atoms with E-state index in [9.17, 15) is 0 Å². The number of ether oxygens (including phenoxy) is 1. The van der Waals surface area contributed by atoms with Crippen LogP contribution in [0.2, 0.25) is 0 Å². The van der Waals surface area contributed by atoms with Gasteiger partial charge in [-0.15, -0.1) is 0 Å². The van der Waals surface area contributed by atoms with Gasteiger partial charge in [0.15, 0.2) is 0 Å². The van der Waals surface area contributed by atoms with Crippen molar-refractivity contribution in [2.75, 3.05) is 13.7 Å². The van der Waals surface area contributed by atoms with Gasteiger partial charge in [-0.1, -0.05) is 52.4 Å². The van der Waals surface area contributed by atoms with Crippen LogP contribution in [-0.2, 0) is 4.74 Å². The topological polar surface area (TPSA) is 9.23 Å². The molecule has 0 radical (unpaired) electrons. The predicted molar refractivity (Wildman–Crippen MR) is 56.6 cm³/mol. The van der Waals surface area contributed by atoms with Gasteiger partial charge in [-0.05, 0) is 6.92 Å². The molecule has 76 valence electrons. The van der Waals surface area contributed by atoms with E-state index in [1.54, 1.807) is 7.11 Å². The second kappa shape index (κ2) is 17.2. The molecule has 12 heavy (non-hydrogen) atoms. The van der Waals surface area contributed by atoms with E-state index >= 15 is 0 Å². The fourth-order valence-electron chi connectivity index (χ4n) is 0.854. The van der Waals surface area contributed by atoms with Crippen molar-refractivity contribution in [1.29, 1.82) is 0 Å². The third-order valence-electron chi connectivity index (χ3n) is 1.75. The highest BCUT2D eigenvalue weighted by Crippen LogP contribution is 2.03. The minimum atomic E-state index is 0.819. The van der Waals surface area contributed by atoms with Gasteiger partial charge in [-0.3, -0.25) is 0 Å². The Labute approximate surface area is 78.5 Å². The Hall–Kier alpha value is -0.0400. The number of rotatable bonds is 6. The number of unbranched alkanes of at least 4 members (excludes halogenated alkanes) is 5. The quantitative estimate of drug-likeness (QED) is 0.553. The molecule has 1 nitrogen and oxygen atoms in total. The number of hydrogen-bond donors (Lipinski definition) is 0. The van der Waals surface area contributed by atoms with E-state index in [0.29, 0.717) is 0 Å². The van der Waals surface area contributed by atoms with Crippen molar-refractivity contribution in [3.63, 3.8) is 0 Å². The van der Waals surface area contributed by atoms with Crippen molar-refractivity contribution >= 4 is 0 Å². The third-order valence-corrected chi connectivity index (χ3v) is 1.75. The highest BCUT2D eigenvalue weighted by Gasteiger charge is 1.83. The Morgan fingerprint density at radius 3 is 1.25 bits per heavy atom. The first-order valence-corrected chi connectivity index (χ1v) is 5.32. The third kappa shape index (κ3) is 22.5. The van der Waals surface area contributed by atoms with Crippen LogP contribution < -0.4 is 0 Å². The van der Waals surface area contributed by atoms with Crippen LogP contribution >= 0.6 is 0 Å². The van der Waals surface area contributed by atoms with Gasteiger partial charge in [0.1, 0.15) is 0 Å². The maximum atomic E-state index is 4.54. The van der Waals surface area contributed by atoms with Crippen molar-refractivity contribution < 1.29 is 4.74 Å². The van der Waals surface area contributed by atoms with Crippen LogP contribution in [0.4, 0.5) is 0 Å². The molecule has 0 aromatic rings. The molecule has 0 aliphatic carbocycles. The Kier molecular flexibility index (Phi) is 20.7. The number of methoxy groups -OCH3 is 1. The lowest BCUT2D eigenvalue weighted by atomic mass is 10.1. The van der Waals surface area contributed by atoms with Crippen LogP contribution in [0.15, 0.2) is 0 Å². The second-order valence-electron chi connectivity index (χ2n) is 2.99. The first-order valence-electron chi connectivity index (χ1n) is 5.32. The summed E-state index contributed by atoms with van der Waals surface area (Å²) in [5.41, 5.74) is 0. The summed E-state index contributed by atoms with van der Waals surface area (Å²) in [4.78, 5) is 0. The SMILES string of the molecule is CCCCCCCC.CCOC. The van der Waals surface area contributed by atoms with Crippen LogP contribution in [0.5, 0.6) is 0 Å². The van der Waals surface area contributed by atoms with Crippen LogP contribution in [0, 0.1) is 0 Å². The molecular weight excluding hydrogens is 148 g/mol. The maximum Gasteiger partial charge on any atom is 0.0433 e. The Bertz CT molecular complexity index is 45.0. The molecule has 0 saturated carbocycles. The van der Waals surface area contributed by atoms with Gasteiger partial charge in [-0.25, -0.2) is 0 Å². The summed E-state index contributed by atoms with van der Waals surface area (Å²) in [6.07, 6.45) is 8.49. The fourth-order valence-corrected chi connectivity index (χ4v) is 0.854. The zero-order chi connectivity index (χ0) is 9.66. The smallest absolute Gasteiger partial charge is 0.0433 e. The molecule has 0 aliphatic heterocycles. The molecule has 0 unspecified atom stereocenters. The molecule has 0 aliphatic rings. The van der Waals surface area contributed by atoms with Gasteiger partial charge in [-0.2, -0.15) is 0 Å². The monoisotopic (exact) mass is 174 g/mol. The molecule has 0 rings (SSSR count). The largest absolute Gasteiger partial charge is 0.385 e. The zero-order valence-electron chi connectivity index (χ0n) is 9.36. The van der Waals surface area contributed by atoms with Gasteiger partial charge < -0.3 is 4.74 Å². The van der Waals surface area contributed by atoms with E-state index < -0.39 is 0 Å². The summed E-state index contributed by atoms with van der Waals surface area (Å²) in [5, 5.41) is 0. The highest BCUT2D eigenvalue weighted by atomic mass is 16.5. The highest BCUT2D eigenvalue weighted by molar-refractivity contribution is 4.39.